The van der Waals surface area contributed by atoms with Gasteiger partial charge in [0, 0.05) is 19.0 Å². The maximum Gasteiger partial charge on any atom is 0.225 e. The molecule has 1 saturated heterocycles. The number of piperidine rings is 1. The summed E-state index contributed by atoms with van der Waals surface area (Å²) in [4.78, 5) is 14.4. The minimum Gasteiger partial charge on any atom is -0.342 e. The second kappa shape index (κ2) is 6.31. The van der Waals surface area contributed by atoms with Crippen LogP contribution in [-0.4, -0.2) is 29.6 Å². The second-order valence-electron chi connectivity index (χ2n) is 6.38. The summed E-state index contributed by atoms with van der Waals surface area (Å²) < 4.78 is 0. The molecule has 1 atom stereocenters. The zero-order valence-electron chi connectivity index (χ0n) is 11.7. The first-order valence-electron chi connectivity index (χ1n) is 7.56. The first-order valence-corrected chi connectivity index (χ1v) is 8.20. The highest BCUT2D eigenvalue weighted by Gasteiger charge is 2.35. The van der Waals surface area contributed by atoms with Crippen LogP contribution in [0.1, 0.15) is 58.3 Å². The fourth-order valence-electron chi connectivity index (χ4n) is 3.54. The van der Waals surface area contributed by atoms with Crippen molar-refractivity contribution in [3.05, 3.63) is 0 Å². The molecule has 104 valence electrons. The molecule has 0 aromatic heterocycles. The zero-order chi connectivity index (χ0) is 13.0. The highest BCUT2D eigenvalue weighted by atomic mass is 32.1. The van der Waals surface area contributed by atoms with Gasteiger partial charge in [0.05, 0.1) is 0 Å². The van der Waals surface area contributed by atoms with E-state index in [2.05, 4.69) is 24.5 Å². The summed E-state index contributed by atoms with van der Waals surface area (Å²) in [6.45, 7) is 4.01. The molecule has 2 fully saturated rings. The summed E-state index contributed by atoms with van der Waals surface area (Å²) in [7, 11) is 0. The van der Waals surface area contributed by atoms with Gasteiger partial charge in [0.25, 0.3) is 0 Å². The lowest BCUT2D eigenvalue weighted by atomic mass is 9.81. The van der Waals surface area contributed by atoms with Crippen LogP contribution >= 0.6 is 12.6 Å². The van der Waals surface area contributed by atoms with E-state index < -0.39 is 0 Å². The standard InChI is InChI=1S/C15H27NOS/c1-13-7-6-10-16(14(13)17)11-15(12-18)8-4-2-3-5-9-15/h13,18H,2-12H2,1H3. The molecular weight excluding hydrogens is 242 g/mol. The van der Waals surface area contributed by atoms with Crippen molar-refractivity contribution >= 4 is 18.5 Å². The number of hydrogen-bond donors (Lipinski definition) is 1. The quantitative estimate of drug-likeness (QED) is 0.614. The largest absolute Gasteiger partial charge is 0.342 e. The van der Waals surface area contributed by atoms with Gasteiger partial charge in [0.1, 0.15) is 0 Å². The van der Waals surface area contributed by atoms with E-state index in [4.69, 9.17) is 0 Å². The molecule has 2 aliphatic rings. The Morgan fingerprint density at radius 3 is 2.50 bits per heavy atom. The Balaban J connectivity index is 2.02. The van der Waals surface area contributed by atoms with Crippen LogP contribution in [0.15, 0.2) is 0 Å². The molecule has 0 aromatic carbocycles. The van der Waals surface area contributed by atoms with Crippen molar-refractivity contribution in [2.45, 2.75) is 58.3 Å². The van der Waals surface area contributed by atoms with Crippen LogP contribution in [0.5, 0.6) is 0 Å². The summed E-state index contributed by atoms with van der Waals surface area (Å²) in [6, 6.07) is 0. The van der Waals surface area contributed by atoms with Crippen LogP contribution in [0.2, 0.25) is 0 Å². The Labute approximate surface area is 117 Å². The van der Waals surface area contributed by atoms with Crippen molar-refractivity contribution in [1.29, 1.82) is 0 Å². The van der Waals surface area contributed by atoms with E-state index in [1.54, 1.807) is 0 Å². The van der Waals surface area contributed by atoms with Crippen molar-refractivity contribution in [2.24, 2.45) is 11.3 Å². The molecule has 1 saturated carbocycles. The molecule has 0 N–H and O–H groups in total. The van der Waals surface area contributed by atoms with E-state index in [9.17, 15) is 4.79 Å². The summed E-state index contributed by atoms with van der Waals surface area (Å²) in [5.74, 6) is 1.55. The Kier molecular flexibility index (Phi) is 4.99. The van der Waals surface area contributed by atoms with E-state index >= 15 is 0 Å². The number of amides is 1. The maximum atomic E-state index is 12.2. The van der Waals surface area contributed by atoms with Gasteiger partial charge in [-0.15, -0.1) is 0 Å². The minimum atomic E-state index is 0.237. The number of nitrogens with zero attached hydrogens (tertiary/aromatic N) is 1. The van der Waals surface area contributed by atoms with Crippen LogP contribution in [0.25, 0.3) is 0 Å². The lowest BCUT2D eigenvalue weighted by Gasteiger charge is -2.40. The van der Waals surface area contributed by atoms with Crippen molar-refractivity contribution < 1.29 is 4.79 Å². The summed E-state index contributed by atoms with van der Waals surface area (Å²) in [6.07, 6.45) is 10.1. The number of thiol groups is 1. The van der Waals surface area contributed by atoms with Crippen molar-refractivity contribution in [3.8, 4) is 0 Å². The maximum absolute atomic E-state index is 12.2. The van der Waals surface area contributed by atoms with Crippen LogP contribution in [0.4, 0.5) is 0 Å². The normalized spacial score (nSPS) is 29.1. The third kappa shape index (κ3) is 3.23. The van der Waals surface area contributed by atoms with E-state index in [-0.39, 0.29) is 5.92 Å². The zero-order valence-corrected chi connectivity index (χ0v) is 12.6. The minimum absolute atomic E-state index is 0.237. The molecule has 0 aromatic rings. The Morgan fingerprint density at radius 2 is 1.89 bits per heavy atom. The third-order valence-electron chi connectivity index (χ3n) is 4.82. The van der Waals surface area contributed by atoms with Gasteiger partial charge in [0.15, 0.2) is 0 Å². The van der Waals surface area contributed by atoms with E-state index in [1.807, 2.05) is 0 Å². The summed E-state index contributed by atoms with van der Waals surface area (Å²) in [5.41, 5.74) is 0.298. The first-order chi connectivity index (χ1) is 8.67. The fourth-order valence-corrected chi connectivity index (χ4v) is 3.96. The topological polar surface area (TPSA) is 20.3 Å². The van der Waals surface area contributed by atoms with Gasteiger partial charge < -0.3 is 4.90 Å². The lowest BCUT2D eigenvalue weighted by molar-refractivity contribution is -0.139. The van der Waals surface area contributed by atoms with E-state index in [0.717, 1.165) is 25.3 Å². The number of hydrogen-bond acceptors (Lipinski definition) is 2. The monoisotopic (exact) mass is 269 g/mol. The molecule has 0 radical (unpaired) electrons. The molecule has 2 rings (SSSR count). The van der Waals surface area contributed by atoms with E-state index in [0.29, 0.717) is 11.3 Å². The molecule has 2 nitrogen and oxygen atoms in total. The summed E-state index contributed by atoms with van der Waals surface area (Å²) >= 11 is 4.61. The Hall–Kier alpha value is -0.180. The molecule has 1 amide bonds. The number of carbonyl (C=O) groups is 1. The molecule has 0 spiro atoms. The molecular formula is C15H27NOS. The van der Waals surface area contributed by atoms with Gasteiger partial charge in [-0.05, 0) is 36.9 Å². The fraction of sp³-hybridized carbons (Fsp3) is 0.933. The molecule has 18 heavy (non-hydrogen) atoms. The highest BCUT2D eigenvalue weighted by molar-refractivity contribution is 7.80. The Morgan fingerprint density at radius 1 is 1.22 bits per heavy atom. The molecule has 0 bridgehead atoms. The number of carbonyl (C=O) groups excluding carboxylic acids is 1. The average molecular weight is 269 g/mol. The molecule has 1 aliphatic carbocycles. The molecule has 1 heterocycles. The predicted octanol–water partition coefficient (Wildman–Crippen LogP) is 3.52. The van der Waals surface area contributed by atoms with E-state index in [1.165, 1.54) is 44.9 Å². The third-order valence-corrected chi connectivity index (χ3v) is 5.50. The molecule has 1 aliphatic heterocycles. The average Bonchev–Trinajstić information content (AvgIpc) is 2.61. The van der Waals surface area contributed by atoms with Crippen LogP contribution in [-0.2, 0) is 4.79 Å². The van der Waals surface area contributed by atoms with Gasteiger partial charge in [-0.3, -0.25) is 4.79 Å². The number of rotatable bonds is 3. The van der Waals surface area contributed by atoms with Gasteiger partial charge in [0.2, 0.25) is 5.91 Å². The van der Waals surface area contributed by atoms with Crippen molar-refractivity contribution in [3.63, 3.8) is 0 Å². The van der Waals surface area contributed by atoms with Gasteiger partial charge in [-0.25, -0.2) is 0 Å². The van der Waals surface area contributed by atoms with Crippen LogP contribution in [0.3, 0.4) is 0 Å². The predicted molar refractivity (Wildman–Crippen MR) is 79.0 cm³/mol. The van der Waals surface area contributed by atoms with Crippen LogP contribution < -0.4 is 0 Å². The van der Waals surface area contributed by atoms with Crippen LogP contribution in [0, 0.1) is 11.3 Å². The SMILES string of the molecule is CC1CCCN(CC2(CS)CCCCCC2)C1=O. The summed E-state index contributed by atoms with van der Waals surface area (Å²) in [5, 5.41) is 0. The highest BCUT2D eigenvalue weighted by Crippen LogP contribution is 2.37. The molecule has 1 unspecified atom stereocenters. The first kappa shape index (κ1) is 14.2. The lowest BCUT2D eigenvalue weighted by Crippen LogP contribution is -2.47. The number of likely N-dealkylation sites (tertiary alicyclic amines) is 1. The van der Waals surface area contributed by atoms with Crippen molar-refractivity contribution in [1.82, 2.24) is 4.90 Å². The second-order valence-corrected chi connectivity index (χ2v) is 6.69. The van der Waals surface area contributed by atoms with Gasteiger partial charge >= 0.3 is 0 Å². The smallest absolute Gasteiger partial charge is 0.225 e. The van der Waals surface area contributed by atoms with Crippen molar-refractivity contribution in [2.75, 3.05) is 18.8 Å². The van der Waals surface area contributed by atoms with Gasteiger partial charge in [-0.2, -0.15) is 12.6 Å². The van der Waals surface area contributed by atoms with Gasteiger partial charge in [-0.1, -0.05) is 32.6 Å². The molecule has 3 heteroatoms. The Bertz CT molecular complexity index is 284.